The normalized spacial score (nSPS) is 9.24. The predicted octanol–water partition coefficient (Wildman–Crippen LogP) is 1.56. The van der Waals surface area contributed by atoms with Crippen molar-refractivity contribution in [2.24, 2.45) is 0 Å². The molecule has 0 unspecified atom stereocenters. The molecule has 17 heavy (non-hydrogen) atoms. The zero-order chi connectivity index (χ0) is 13.0. The van der Waals surface area contributed by atoms with Crippen molar-refractivity contribution < 1.29 is 9.72 Å². The molecule has 0 aliphatic carbocycles. The topological polar surface area (TPSA) is 99.3 Å². The maximum Gasteiger partial charge on any atom is 0.321 e. The van der Waals surface area contributed by atoms with Gasteiger partial charge in [0, 0.05) is 20.2 Å². The number of carbonyl (C=O) groups is 1. The van der Waals surface area contributed by atoms with Gasteiger partial charge in [-0.1, -0.05) is 0 Å². The molecule has 0 aliphatic heterocycles. The van der Waals surface area contributed by atoms with Crippen LogP contribution in [0.25, 0.3) is 0 Å². The van der Waals surface area contributed by atoms with E-state index in [-0.39, 0.29) is 16.9 Å². The second kappa shape index (κ2) is 4.94. The van der Waals surface area contributed by atoms with Crippen LogP contribution in [0.1, 0.15) is 5.56 Å². The monoisotopic (exact) mass is 234 g/mol. The highest BCUT2D eigenvalue weighted by Gasteiger charge is 2.17. The minimum atomic E-state index is -0.647. The molecule has 0 bridgehead atoms. The zero-order valence-electron chi connectivity index (χ0n) is 9.30. The van der Waals surface area contributed by atoms with Gasteiger partial charge in [-0.05, 0) is 12.1 Å². The molecule has 0 radical (unpaired) electrons. The van der Waals surface area contributed by atoms with Crippen LogP contribution >= 0.6 is 0 Å². The Morgan fingerprint density at radius 1 is 1.53 bits per heavy atom. The Balaban J connectivity index is 3.12. The Labute approximate surface area is 97.4 Å². The molecule has 0 aromatic heterocycles. The highest BCUT2D eigenvalue weighted by Crippen LogP contribution is 2.25. The van der Waals surface area contributed by atoms with Crippen molar-refractivity contribution >= 4 is 17.4 Å². The van der Waals surface area contributed by atoms with Gasteiger partial charge in [0.25, 0.3) is 5.69 Å². The van der Waals surface area contributed by atoms with E-state index < -0.39 is 11.0 Å². The number of nitro benzene ring substituents is 1. The molecular formula is C10H10N4O3. The maximum atomic E-state index is 11.4. The Bertz CT molecular complexity index is 505. The van der Waals surface area contributed by atoms with Gasteiger partial charge in [-0.3, -0.25) is 10.1 Å². The zero-order valence-corrected chi connectivity index (χ0v) is 9.30. The van der Waals surface area contributed by atoms with Crippen molar-refractivity contribution in [1.82, 2.24) is 4.90 Å². The second-order valence-corrected chi connectivity index (χ2v) is 3.43. The SMILES string of the molecule is CN(C)C(=O)Nc1ccc(C#N)cc1[N+](=O)[O-]. The molecule has 0 fully saturated rings. The lowest BCUT2D eigenvalue weighted by atomic mass is 10.2. The van der Waals surface area contributed by atoms with Crippen LogP contribution in [0.4, 0.5) is 16.2 Å². The third-order valence-electron chi connectivity index (χ3n) is 1.97. The first-order valence-corrected chi connectivity index (χ1v) is 4.62. The molecule has 0 saturated heterocycles. The van der Waals surface area contributed by atoms with Crippen molar-refractivity contribution in [2.75, 3.05) is 19.4 Å². The van der Waals surface area contributed by atoms with Gasteiger partial charge in [-0.15, -0.1) is 0 Å². The number of anilines is 1. The molecule has 0 saturated carbocycles. The summed E-state index contributed by atoms with van der Waals surface area (Å²) in [6, 6.07) is 5.17. The Morgan fingerprint density at radius 2 is 2.18 bits per heavy atom. The lowest BCUT2D eigenvalue weighted by molar-refractivity contribution is -0.383. The third kappa shape index (κ3) is 2.92. The fourth-order valence-corrected chi connectivity index (χ4v) is 1.08. The van der Waals surface area contributed by atoms with Crippen molar-refractivity contribution in [3.63, 3.8) is 0 Å². The Morgan fingerprint density at radius 3 is 2.65 bits per heavy atom. The number of benzene rings is 1. The first-order chi connectivity index (χ1) is 7.95. The van der Waals surface area contributed by atoms with Gasteiger partial charge in [0.1, 0.15) is 5.69 Å². The Hall–Kier alpha value is -2.62. The van der Waals surface area contributed by atoms with Crippen LogP contribution in [-0.2, 0) is 0 Å². The van der Waals surface area contributed by atoms with Gasteiger partial charge >= 0.3 is 6.03 Å². The maximum absolute atomic E-state index is 11.4. The number of nitriles is 1. The summed E-state index contributed by atoms with van der Waals surface area (Å²) in [5.41, 5.74) is -0.0773. The van der Waals surface area contributed by atoms with Crippen LogP contribution in [0.5, 0.6) is 0 Å². The lowest BCUT2D eigenvalue weighted by Crippen LogP contribution is -2.27. The molecule has 2 amide bonds. The number of carbonyl (C=O) groups excluding carboxylic acids is 1. The molecule has 7 heteroatoms. The lowest BCUT2D eigenvalue weighted by Gasteiger charge is -2.11. The minimum absolute atomic E-state index is 0.0627. The summed E-state index contributed by atoms with van der Waals surface area (Å²) >= 11 is 0. The smallest absolute Gasteiger partial charge is 0.321 e. The summed E-state index contributed by atoms with van der Waals surface area (Å²) in [6.07, 6.45) is 0. The summed E-state index contributed by atoms with van der Waals surface area (Å²) in [6.45, 7) is 0. The fraction of sp³-hybridized carbons (Fsp3) is 0.200. The van der Waals surface area contributed by atoms with E-state index in [0.29, 0.717) is 0 Å². The van der Waals surface area contributed by atoms with E-state index in [1.165, 1.54) is 31.1 Å². The van der Waals surface area contributed by atoms with Gasteiger partial charge in [0.2, 0.25) is 0 Å². The van der Waals surface area contributed by atoms with E-state index in [0.717, 1.165) is 6.07 Å². The molecule has 0 atom stereocenters. The van der Waals surface area contributed by atoms with Crippen LogP contribution in [0.3, 0.4) is 0 Å². The molecule has 0 spiro atoms. The third-order valence-corrected chi connectivity index (χ3v) is 1.97. The van der Waals surface area contributed by atoms with Gasteiger partial charge in [0.05, 0.1) is 16.6 Å². The number of nitro groups is 1. The van der Waals surface area contributed by atoms with Gasteiger partial charge in [0.15, 0.2) is 0 Å². The van der Waals surface area contributed by atoms with E-state index in [1.54, 1.807) is 6.07 Å². The van der Waals surface area contributed by atoms with Crippen LogP contribution in [0.2, 0.25) is 0 Å². The molecule has 1 N–H and O–H groups in total. The predicted molar refractivity (Wildman–Crippen MR) is 60.5 cm³/mol. The quantitative estimate of drug-likeness (QED) is 0.619. The average molecular weight is 234 g/mol. The summed E-state index contributed by atoms with van der Waals surface area (Å²) in [7, 11) is 3.04. The van der Waals surface area contributed by atoms with Crippen LogP contribution in [0, 0.1) is 21.4 Å². The number of rotatable bonds is 2. The first-order valence-electron chi connectivity index (χ1n) is 4.62. The molecular weight excluding hydrogens is 224 g/mol. The number of nitrogens with zero attached hydrogens (tertiary/aromatic N) is 3. The molecule has 1 aromatic rings. The minimum Gasteiger partial charge on any atom is -0.331 e. The molecule has 0 aliphatic rings. The van der Waals surface area contributed by atoms with Crippen molar-refractivity contribution in [2.45, 2.75) is 0 Å². The highest BCUT2D eigenvalue weighted by atomic mass is 16.6. The van der Waals surface area contributed by atoms with E-state index in [9.17, 15) is 14.9 Å². The number of urea groups is 1. The van der Waals surface area contributed by atoms with Crippen LogP contribution < -0.4 is 5.32 Å². The highest BCUT2D eigenvalue weighted by molar-refractivity contribution is 5.91. The molecule has 1 aromatic carbocycles. The van der Waals surface area contributed by atoms with Crippen LogP contribution in [0.15, 0.2) is 18.2 Å². The second-order valence-electron chi connectivity index (χ2n) is 3.43. The molecule has 1 rings (SSSR count). The van der Waals surface area contributed by atoms with E-state index in [4.69, 9.17) is 5.26 Å². The Kier molecular flexibility index (Phi) is 3.62. The van der Waals surface area contributed by atoms with E-state index >= 15 is 0 Å². The van der Waals surface area contributed by atoms with Gasteiger partial charge in [-0.25, -0.2) is 4.79 Å². The van der Waals surface area contributed by atoms with Gasteiger partial charge in [-0.2, -0.15) is 5.26 Å². The van der Waals surface area contributed by atoms with Crippen molar-refractivity contribution in [1.29, 1.82) is 5.26 Å². The number of hydrogen-bond acceptors (Lipinski definition) is 4. The average Bonchev–Trinajstić information content (AvgIpc) is 2.29. The van der Waals surface area contributed by atoms with E-state index in [2.05, 4.69) is 5.32 Å². The standard InChI is InChI=1S/C10H10N4O3/c1-13(2)10(15)12-8-4-3-7(6-11)5-9(8)14(16)17/h3-5H,1-2H3,(H,12,15). The van der Waals surface area contributed by atoms with Crippen molar-refractivity contribution in [3.05, 3.63) is 33.9 Å². The summed E-state index contributed by atoms with van der Waals surface area (Å²) in [4.78, 5) is 22.7. The van der Waals surface area contributed by atoms with E-state index in [1.807, 2.05) is 0 Å². The molecule has 7 nitrogen and oxygen atoms in total. The summed E-state index contributed by atoms with van der Waals surface area (Å²) < 4.78 is 0. The van der Waals surface area contributed by atoms with Crippen molar-refractivity contribution in [3.8, 4) is 6.07 Å². The number of hydrogen-bond donors (Lipinski definition) is 1. The van der Waals surface area contributed by atoms with Gasteiger partial charge < -0.3 is 10.2 Å². The largest absolute Gasteiger partial charge is 0.331 e. The van der Waals surface area contributed by atoms with Crippen LogP contribution in [-0.4, -0.2) is 29.9 Å². The number of nitrogens with one attached hydrogen (secondary N) is 1. The molecule has 0 heterocycles. The fourth-order valence-electron chi connectivity index (χ4n) is 1.08. The summed E-state index contributed by atoms with van der Waals surface area (Å²) in [5, 5.41) is 21.8. The summed E-state index contributed by atoms with van der Waals surface area (Å²) in [5.74, 6) is 0. The number of amides is 2. The molecule has 88 valence electrons. The first kappa shape index (κ1) is 12.4.